The Labute approximate surface area is 102 Å². The lowest BCUT2D eigenvalue weighted by Crippen LogP contribution is -2.53. The Balaban J connectivity index is 1.80. The first-order valence-electron chi connectivity index (χ1n) is 6.37. The van der Waals surface area contributed by atoms with Crippen molar-refractivity contribution in [3.8, 4) is 0 Å². The standard InChI is InChI=1S/C12H20N2O3/c1-2-7-17-9-12(16)13-5-6-14-10(8-13)3-4-11(14)15/h10H,2-9H2,1H3. The molecule has 96 valence electrons. The highest BCUT2D eigenvalue weighted by Crippen LogP contribution is 2.22. The maximum atomic E-state index is 11.8. The number of ether oxygens (including phenoxy) is 1. The molecule has 5 nitrogen and oxygen atoms in total. The summed E-state index contributed by atoms with van der Waals surface area (Å²) in [5.41, 5.74) is 0. The molecule has 2 amide bonds. The summed E-state index contributed by atoms with van der Waals surface area (Å²) in [7, 11) is 0. The molecule has 0 bridgehead atoms. The number of rotatable bonds is 4. The second kappa shape index (κ2) is 5.49. The number of piperazine rings is 1. The predicted molar refractivity (Wildman–Crippen MR) is 62.4 cm³/mol. The molecule has 2 saturated heterocycles. The van der Waals surface area contributed by atoms with Gasteiger partial charge in [0.2, 0.25) is 11.8 Å². The summed E-state index contributed by atoms with van der Waals surface area (Å²) in [5.74, 6) is 0.293. The summed E-state index contributed by atoms with van der Waals surface area (Å²) in [6.45, 7) is 4.84. The van der Waals surface area contributed by atoms with Crippen molar-refractivity contribution in [2.24, 2.45) is 0 Å². The van der Waals surface area contributed by atoms with Crippen molar-refractivity contribution in [2.75, 3.05) is 32.8 Å². The molecule has 17 heavy (non-hydrogen) atoms. The van der Waals surface area contributed by atoms with Crippen LogP contribution in [-0.4, -0.2) is 60.5 Å². The number of carbonyl (C=O) groups excluding carboxylic acids is 2. The molecular formula is C12H20N2O3. The monoisotopic (exact) mass is 240 g/mol. The molecule has 1 atom stereocenters. The lowest BCUT2D eigenvalue weighted by Gasteiger charge is -2.37. The minimum absolute atomic E-state index is 0.0532. The van der Waals surface area contributed by atoms with Crippen molar-refractivity contribution in [2.45, 2.75) is 32.2 Å². The molecule has 2 heterocycles. The highest BCUT2D eigenvalue weighted by Gasteiger charge is 2.36. The minimum atomic E-state index is 0.0532. The topological polar surface area (TPSA) is 49.9 Å². The van der Waals surface area contributed by atoms with Gasteiger partial charge in [0.15, 0.2) is 0 Å². The lowest BCUT2D eigenvalue weighted by atomic mass is 10.1. The van der Waals surface area contributed by atoms with Crippen LogP contribution in [0.5, 0.6) is 0 Å². The van der Waals surface area contributed by atoms with Crippen LogP contribution in [0.1, 0.15) is 26.2 Å². The minimum Gasteiger partial charge on any atom is -0.372 e. The average molecular weight is 240 g/mol. The van der Waals surface area contributed by atoms with Crippen LogP contribution in [0.2, 0.25) is 0 Å². The second-order valence-electron chi connectivity index (χ2n) is 4.67. The SMILES string of the molecule is CCCOCC(=O)N1CCN2C(=O)CCC2C1. The van der Waals surface area contributed by atoms with E-state index in [9.17, 15) is 9.59 Å². The highest BCUT2D eigenvalue weighted by molar-refractivity contribution is 5.81. The van der Waals surface area contributed by atoms with Gasteiger partial charge in [-0.25, -0.2) is 0 Å². The maximum Gasteiger partial charge on any atom is 0.248 e. The van der Waals surface area contributed by atoms with E-state index in [0.29, 0.717) is 32.7 Å². The first-order chi connectivity index (χ1) is 8.22. The van der Waals surface area contributed by atoms with Gasteiger partial charge in [-0.15, -0.1) is 0 Å². The van der Waals surface area contributed by atoms with E-state index >= 15 is 0 Å². The van der Waals surface area contributed by atoms with Crippen LogP contribution in [0.3, 0.4) is 0 Å². The van der Waals surface area contributed by atoms with E-state index in [4.69, 9.17) is 4.74 Å². The highest BCUT2D eigenvalue weighted by atomic mass is 16.5. The summed E-state index contributed by atoms with van der Waals surface area (Å²) in [4.78, 5) is 27.1. The normalized spacial score (nSPS) is 24.1. The molecule has 1 unspecified atom stereocenters. The number of amides is 2. The molecule has 0 aromatic carbocycles. The fourth-order valence-electron chi connectivity index (χ4n) is 2.49. The Morgan fingerprint density at radius 3 is 3.06 bits per heavy atom. The van der Waals surface area contributed by atoms with Crippen molar-refractivity contribution in [1.82, 2.24) is 9.80 Å². The van der Waals surface area contributed by atoms with E-state index in [1.54, 1.807) is 0 Å². The van der Waals surface area contributed by atoms with Gasteiger partial charge in [0.1, 0.15) is 6.61 Å². The molecule has 2 aliphatic heterocycles. The van der Waals surface area contributed by atoms with Gasteiger partial charge < -0.3 is 14.5 Å². The third-order valence-corrected chi connectivity index (χ3v) is 3.42. The Kier molecular flexibility index (Phi) is 3.99. The molecule has 0 aliphatic carbocycles. The van der Waals surface area contributed by atoms with Gasteiger partial charge >= 0.3 is 0 Å². The van der Waals surface area contributed by atoms with Gasteiger partial charge in [-0.1, -0.05) is 6.92 Å². The van der Waals surface area contributed by atoms with Crippen LogP contribution in [0.25, 0.3) is 0 Å². The zero-order valence-corrected chi connectivity index (χ0v) is 10.4. The van der Waals surface area contributed by atoms with Crippen molar-refractivity contribution in [3.63, 3.8) is 0 Å². The first-order valence-corrected chi connectivity index (χ1v) is 6.37. The van der Waals surface area contributed by atoms with Crippen LogP contribution in [0.15, 0.2) is 0 Å². The molecule has 5 heteroatoms. The Morgan fingerprint density at radius 1 is 1.47 bits per heavy atom. The molecule has 0 radical (unpaired) electrons. The zero-order valence-electron chi connectivity index (χ0n) is 10.4. The molecule has 2 aliphatic rings. The Bertz CT molecular complexity index is 306. The summed E-state index contributed by atoms with van der Waals surface area (Å²) in [5, 5.41) is 0. The van der Waals surface area contributed by atoms with Crippen LogP contribution < -0.4 is 0 Å². The van der Waals surface area contributed by atoms with Gasteiger partial charge in [0, 0.05) is 38.7 Å². The molecule has 2 fully saturated rings. The van der Waals surface area contributed by atoms with Crippen LogP contribution in [0.4, 0.5) is 0 Å². The quantitative estimate of drug-likeness (QED) is 0.662. The number of nitrogens with zero attached hydrogens (tertiary/aromatic N) is 2. The summed E-state index contributed by atoms with van der Waals surface area (Å²) in [6, 6.07) is 0.242. The van der Waals surface area contributed by atoms with Gasteiger partial charge in [-0.05, 0) is 12.8 Å². The van der Waals surface area contributed by atoms with Crippen molar-refractivity contribution >= 4 is 11.8 Å². The van der Waals surface area contributed by atoms with Crippen LogP contribution in [0, 0.1) is 0 Å². The van der Waals surface area contributed by atoms with Crippen molar-refractivity contribution < 1.29 is 14.3 Å². The summed E-state index contributed by atoms with van der Waals surface area (Å²) in [6.07, 6.45) is 2.45. The molecule has 0 aromatic rings. The zero-order chi connectivity index (χ0) is 12.3. The third kappa shape index (κ3) is 2.77. The van der Waals surface area contributed by atoms with Gasteiger partial charge in [-0.3, -0.25) is 9.59 Å². The molecule has 2 rings (SSSR count). The Morgan fingerprint density at radius 2 is 2.29 bits per heavy atom. The van der Waals surface area contributed by atoms with E-state index in [0.717, 1.165) is 12.8 Å². The van der Waals surface area contributed by atoms with Crippen LogP contribution >= 0.6 is 0 Å². The largest absolute Gasteiger partial charge is 0.372 e. The fraction of sp³-hybridized carbons (Fsp3) is 0.833. The van der Waals surface area contributed by atoms with E-state index < -0.39 is 0 Å². The molecule has 0 spiro atoms. The summed E-state index contributed by atoms with van der Waals surface area (Å²) >= 11 is 0. The van der Waals surface area contributed by atoms with Crippen LogP contribution in [-0.2, 0) is 14.3 Å². The van der Waals surface area contributed by atoms with Crippen molar-refractivity contribution in [1.29, 1.82) is 0 Å². The van der Waals surface area contributed by atoms with E-state index in [2.05, 4.69) is 0 Å². The third-order valence-electron chi connectivity index (χ3n) is 3.42. The average Bonchev–Trinajstić information content (AvgIpc) is 2.71. The Hall–Kier alpha value is -1.10. The van der Waals surface area contributed by atoms with Gasteiger partial charge in [-0.2, -0.15) is 0 Å². The van der Waals surface area contributed by atoms with E-state index in [-0.39, 0.29) is 24.5 Å². The van der Waals surface area contributed by atoms with Gasteiger partial charge in [0.05, 0.1) is 0 Å². The first kappa shape index (κ1) is 12.4. The maximum absolute atomic E-state index is 11.8. The van der Waals surface area contributed by atoms with E-state index in [1.165, 1.54) is 0 Å². The molecule has 0 aromatic heterocycles. The summed E-state index contributed by atoms with van der Waals surface area (Å²) < 4.78 is 5.26. The second-order valence-corrected chi connectivity index (χ2v) is 4.67. The van der Waals surface area contributed by atoms with Crippen molar-refractivity contribution in [3.05, 3.63) is 0 Å². The number of fused-ring (bicyclic) bond motifs is 1. The number of hydrogen-bond acceptors (Lipinski definition) is 3. The number of carbonyl (C=O) groups is 2. The van der Waals surface area contributed by atoms with E-state index in [1.807, 2.05) is 16.7 Å². The smallest absolute Gasteiger partial charge is 0.248 e. The molecule has 0 N–H and O–H groups in total. The lowest BCUT2D eigenvalue weighted by molar-refractivity contribution is -0.142. The number of hydrogen-bond donors (Lipinski definition) is 0. The molecular weight excluding hydrogens is 220 g/mol. The molecule has 0 saturated carbocycles. The van der Waals surface area contributed by atoms with Gasteiger partial charge in [0.25, 0.3) is 0 Å². The predicted octanol–water partition coefficient (Wildman–Crippen LogP) is 0.246. The fourth-order valence-corrected chi connectivity index (χ4v) is 2.49.